The first kappa shape index (κ1) is 21.6. The topological polar surface area (TPSA) is 55.8 Å². The maximum Gasteiger partial charge on any atom is 0.289 e. The molecule has 0 unspecified atom stereocenters. The largest absolute Gasteiger partial charge is 0.490 e. The third-order valence-corrected chi connectivity index (χ3v) is 6.11. The Kier molecular flexibility index (Phi) is 7.18. The van der Waals surface area contributed by atoms with E-state index < -0.39 is 5.25 Å². The zero-order chi connectivity index (χ0) is 21.0. The van der Waals surface area contributed by atoms with Crippen molar-refractivity contribution < 1.29 is 23.5 Å². The van der Waals surface area contributed by atoms with Gasteiger partial charge in [0.25, 0.3) is 5.24 Å². The molecule has 0 N–H and O–H groups in total. The second-order valence-corrected chi connectivity index (χ2v) is 8.39. The van der Waals surface area contributed by atoms with E-state index in [1.54, 1.807) is 31.2 Å². The van der Waals surface area contributed by atoms with Crippen LogP contribution in [-0.2, 0) is 17.8 Å². The predicted molar refractivity (Wildman–Crippen MR) is 114 cm³/mol. The average molecular weight is 482 g/mol. The van der Waals surface area contributed by atoms with E-state index in [1.165, 1.54) is 11.0 Å². The number of carbonyl (C=O) groups is 2. The van der Waals surface area contributed by atoms with Crippen molar-refractivity contribution in [3.05, 3.63) is 57.8 Å². The molecule has 1 saturated heterocycles. The van der Waals surface area contributed by atoms with Gasteiger partial charge in [0.15, 0.2) is 11.5 Å². The minimum Gasteiger partial charge on any atom is -0.490 e. The van der Waals surface area contributed by atoms with Gasteiger partial charge in [0.05, 0.1) is 16.3 Å². The van der Waals surface area contributed by atoms with Gasteiger partial charge in [-0.25, -0.2) is 4.39 Å². The Labute approximate surface area is 181 Å². The smallest absolute Gasteiger partial charge is 0.289 e. The zero-order valence-corrected chi connectivity index (χ0v) is 18.5. The molecule has 0 saturated carbocycles. The summed E-state index contributed by atoms with van der Waals surface area (Å²) in [7, 11) is 0. The minimum atomic E-state index is -0.450. The van der Waals surface area contributed by atoms with Gasteiger partial charge in [-0.3, -0.25) is 14.5 Å². The molecular weight excluding hydrogens is 461 g/mol. The molecule has 2 amide bonds. The third kappa shape index (κ3) is 4.93. The number of ether oxygens (including phenoxy) is 2. The van der Waals surface area contributed by atoms with Crippen molar-refractivity contribution in [3.8, 4) is 11.5 Å². The molecule has 1 fully saturated rings. The number of amides is 2. The van der Waals surface area contributed by atoms with E-state index in [-0.39, 0.29) is 23.6 Å². The highest BCUT2D eigenvalue weighted by atomic mass is 79.9. The maximum atomic E-state index is 13.9. The Balaban J connectivity index is 1.80. The van der Waals surface area contributed by atoms with Crippen LogP contribution in [0.1, 0.15) is 25.0 Å². The molecular formula is C21H21BrFNO4S. The van der Waals surface area contributed by atoms with Gasteiger partial charge in [-0.2, -0.15) is 0 Å². The number of rotatable bonds is 8. The van der Waals surface area contributed by atoms with Crippen molar-refractivity contribution >= 4 is 38.8 Å². The van der Waals surface area contributed by atoms with Gasteiger partial charge in [0.1, 0.15) is 12.4 Å². The quantitative estimate of drug-likeness (QED) is 0.518. The van der Waals surface area contributed by atoms with Crippen LogP contribution in [0, 0.1) is 5.82 Å². The van der Waals surface area contributed by atoms with Crippen LogP contribution in [0.15, 0.2) is 40.9 Å². The average Bonchev–Trinajstić information content (AvgIpc) is 2.95. The van der Waals surface area contributed by atoms with Crippen LogP contribution in [0.2, 0.25) is 0 Å². The van der Waals surface area contributed by atoms with Gasteiger partial charge in [0.2, 0.25) is 5.91 Å². The molecule has 0 radical (unpaired) electrons. The summed E-state index contributed by atoms with van der Waals surface area (Å²) in [6.45, 7) is 4.49. The molecule has 0 aromatic heterocycles. The molecule has 0 aliphatic carbocycles. The molecule has 5 nitrogen and oxygen atoms in total. The summed E-state index contributed by atoms with van der Waals surface area (Å²) in [5.74, 6) is 0.467. The highest BCUT2D eigenvalue weighted by molar-refractivity contribution is 9.10. The van der Waals surface area contributed by atoms with E-state index in [4.69, 9.17) is 9.47 Å². The van der Waals surface area contributed by atoms with Crippen LogP contribution < -0.4 is 9.47 Å². The van der Waals surface area contributed by atoms with E-state index in [0.717, 1.165) is 17.3 Å². The van der Waals surface area contributed by atoms with Crippen LogP contribution in [0.5, 0.6) is 11.5 Å². The molecule has 1 atom stereocenters. The lowest BCUT2D eigenvalue weighted by Crippen LogP contribution is -2.31. The van der Waals surface area contributed by atoms with Gasteiger partial charge < -0.3 is 9.47 Å². The molecule has 1 heterocycles. The highest BCUT2D eigenvalue weighted by Crippen LogP contribution is 2.39. The van der Waals surface area contributed by atoms with E-state index in [9.17, 15) is 14.0 Å². The molecule has 29 heavy (non-hydrogen) atoms. The maximum absolute atomic E-state index is 13.9. The summed E-state index contributed by atoms with van der Waals surface area (Å²) < 4.78 is 26.1. The minimum absolute atomic E-state index is 0.0572. The number of benzene rings is 2. The van der Waals surface area contributed by atoms with Crippen LogP contribution in [0.4, 0.5) is 9.18 Å². The number of hydrogen-bond acceptors (Lipinski definition) is 5. The van der Waals surface area contributed by atoms with Gasteiger partial charge in [-0.15, -0.1) is 0 Å². The SMILES string of the molecule is CCOc1cc(C[C@@H]2SC(=O)N(CC)C2=O)cc(Br)c1OCc1ccccc1F. The fourth-order valence-electron chi connectivity index (χ4n) is 3.04. The Morgan fingerprint density at radius 3 is 2.59 bits per heavy atom. The van der Waals surface area contributed by atoms with E-state index in [1.807, 2.05) is 13.0 Å². The molecule has 0 spiro atoms. The van der Waals surface area contributed by atoms with Crippen molar-refractivity contribution in [2.24, 2.45) is 0 Å². The van der Waals surface area contributed by atoms with Crippen LogP contribution in [0.25, 0.3) is 0 Å². The highest BCUT2D eigenvalue weighted by Gasteiger charge is 2.38. The summed E-state index contributed by atoms with van der Waals surface area (Å²) in [5, 5.41) is -0.662. The van der Waals surface area contributed by atoms with Gasteiger partial charge in [0, 0.05) is 12.1 Å². The number of nitrogens with zero attached hydrogens (tertiary/aromatic N) is 1. The number of imide groups is 1. The second-order valence-electron chi connectivity index (χ2n) is 6.38. The fraction of sp³-hybridized carbons (Fsp3) is 0.333. The van der Waals surface area contributed by atoms with Gasteiger partial charge in [-0.05, 0) is 60.0 Å². The molecule has 0 bridgehead atoms. The number of carbonyl (C=O) groups excluding carboxylic acids is 2. The molecule has 2 aromatic carbocycles. The third-order valence-electron chi connectivity index (χ3n) is 4.44. The lowest BCUT2D eigenvalue weighted by molar-refractivity contribution is -0.126. The fourth-order valence-corrected chi connectivity index (χ4v) is 4.73. The summed E-state index contributed by atoms with van der Waals surface area (Å²) >= 11 is 4.54. The van der Waals surface area contributed by atoms with Crippen molar-refractivity contribution in [2.45, 2.75) is 32.1 Å². The summed E-state index contributed by atoms with van der Waals surface area (Å²) in [6.07, 6.45) is 0.401. The molecule has 2 aromatic rings. The molecule has 1 aliphatic heterocycles. The van der Waals surface area contributed by atoms with E-state index >= 15 is 0 Å². The predicted octanol–water partition coefficient (Wildman–Crippen LogP) is 5.19. The van der Waals surface area contributed by atoms with E-state index in [2.05, 4.69) is 15.9 Å². The lowest BCUT2D eigenvalue weighted by Gasteiger charge is -2.17. The van der Waals surface area contributed by atoms with Crippen molar-refractivity contribution in [2.75, 3.05) is 13.2 Å². The Hall–Kier alpha value is -2.06. The second kappa shape index (κ2) is 9.63. The zero-order valence-electron chi connectivity index (χ0n) is 16.1. The number of hydrogen-bond donors (Lipinski definition) is 0. The Morgan fingerprint density at radius 1 is 1.17 bits per heavy atom. The Bertz CT molecular complexity index is 924. The van der Waals surface area contributed by atoms with Crippen molar-refractivity contribution in [3.63, 3.8) is 0 Å². The van der Waals surface area contributed by atoms with Crippen molar-refractivity contribution in [1.29, 1.82) is 0 Å². The van der Waals surface area contributed by atoms with Gasteiger partial charge >= 0.3 is 0 Å². The molecule has 3 rings (SSSR count). The van der Waals surface area contributed by atoms with Crippen LogP contribution in [0.3, 0.4) is 0 Å². The summed E-state index contributed by atoms with van der Waals surface area (Å²) in [6, 6.07) is 10.1. The van der Waals surface area contributed by atoms with Crippen LogP contribution >= 0.6 is 27.7 Å². The number of halogens is 2. The first-order valence-electron chi connectivity index (χ1n) is 9.28. The van der Waals surface area contributed by atoms with Crippen LogP contribution in [-0.4, -0.2) is 34.4 Å². The summed E-state index contributed by atoms with van der Waals surface area (Å²) in [4.78, 5) is 25.6. The first-order chi connectivity index (χ1) is 13.9. The van der Waals surface area contributed by atoms with E-state index in [0.29, 0.717) is 41.1 Å². The monoisotopic (exact) mass is 481 g/mol. The van der Waals surface area contributed by atoms with Crippen molar-refractivity contribution in [1.82, 2.24) is 4.90 Å². The molecule has 8 heteroatoms. The standard InChI is InChI=1S/C21H21BrFNO4S/c1-3-24-20(25)18(29-21(24)26)11-13-9-15(22)19(17(10-13)27-4-2)28-12-14-7-5-6-8-16(14)23/h5-10,18H,3-4,11-12H2,1-2H3/t18-/m0/s1. The first-order valence-corrected chi connectivity index (χ1v) is 10.9. The number of thioether (sulfide) groups is 1. The lowest BCUT2D eigenvalue weighted by atomic mass is 10.1. The normalized spacial score (nSPS) is 16.4. The summed E-state index contributed by atoms with van der Waals surface area (Å²) in [5.41, 5.74) is 1.28. The molecule has 154 valence electrons. The Morgan fingerprint density at radius 2 is 1.93 bits per heavy atom. The molecule has 1 aliphatic rings. The van der Waals surface area contributed by atoms with Gasteiger partial charge in [-0.1, -0.05) is 30.0 Å².